The maximum Gasteiger partial charge on any atom is 0.232 e. The third-order valence-electron chi connectivity index (χ3n) is 4.26. The maximum absolute atomic E-state index is 6.24. The highest BCUT2D eigenvalue weighted by Crippen LogP contribution is 2.37. The minimum Gasteiger partial charge on any atom is -0.339 e. The predicted octanol–water partition coefficient (Wildman–Crippen LogP) is 5.61. The van der Waals surface area contributed by atoms with Gasteiger partial charge in [0.1, 0.15) is 5.82 Å². The van der Waals surface area contributed by atoms with E-state index in [2.05, 4.69) is 45.3 Å². The fourth-order valence-electron chi connectivity index (χ4n) is 3.13. The van der Waals surface area contributed by atoms with Crippen LogP contribution in [0.3, 0.4) is 0 Å². The second kappa shape index (κ2) is 6.54. The molecule has 1 unspecified atom stereocenters. The molecule has 1 aromatic heterocycles. The summed E-state index contributed by atoms with van der Waals surface area (Å²) in [6, 6.07) is 15.8. The molecule has 1 atom stereocenters. The molecule has 2 aromatic carbocycles. The molecule has 6 heteroatoms. The van der Waals surface area contributed by atoms with Gasteiger partial charge >= 0.3 is 0 Å². The molecule has 0 spiro atoms. The minimum atomic E-state index is 0.312. The van der Waals surface area contributed by atoms with E-state index in [9.17, 15) is 0 Å². The Hall–Kier alpha value is -2.30. The zero-order valence-electron chi connectivity index (χ0n) is 13.6. The van der Waals surface area contributed by atoms with Crippen LogP contribution in [0, 0.1) is 0 Å². The highest BCUT2D eigenvalue weighted by atomic mass is 35.5. The van der Waals surface area contributed by atoms with Crippen LogP contribution < -0.4 is 10.2 Å². The first-order chi connectivity index (χ1) is 12.1. The largest absolute Gasteiger partial charge is 0.339 e. The number of hydrogen-bond acceptors (Lipinski definition) is 4. The normalized spacial score (nSPS) is 16.0. The summed E-state index contributed by atoms with van der Waals surface area (Å²) >= 11 is 12.2. The molecule has 0 saturated carbocycles. The zero-order chi connectivity index (χ0) is 17.4. The summed E-state index contributed by atoms with van der Waals surface area (Å²) in [5, 5.41) is 4.38. The van der Waals surface area contributed by atoms with Gasteiger partial charge in [0.05, 0.1) is 10.7 Å². The van der Waals surface area contributed by atoms with Crippen molar-refractivity contribution in [2.24, 2.45) is 0 Å². The van der Waals surface area contributed by atoms with E-state index >= 15 is 0 Å². The van der Waals surface area contributed by atoms with Crippen molar-refractivity contribution in [2.75, 3.05) is 10.2 Å². The Bertz CT molecular complexity index is 929. The minimum absolute atomic E-state index is 0.312. The average molecular weight is 371 g/mol. The van der Waals surface area contributed by atoms with Crippen molar-refractivity contribution in [3.63, 3.8) is 0 Å². The highest BCUT2D eigenvalue weighted by Gasteiger charge is 2.28. The van der Waals surface area contributed by atoms with Crippen molar-refractivity contribution in [1.29, 1.82) is 0 Å². The van der Waals surface area contributed by atoms with E-state index in [1.54, 1.807) is 18.3 Å². The fourth-order valence-corrected chi connectivity index (χ4v) is 3.59. The number of hydrogen-bond donors (Lipinski definition) is 1. The van der Waals surface area contributed by atoms with Gasteiger partial charge in [-0.25, -0.2) is 4.98 Å². The number of anilines is 4. The molecule has 3 aromatic rings. The number of benzene rings is 2. The first-order valence-electron chi connectivity index (χ1n) is 8.04. The lowest BCUT2D eigenvalue weighted by atomic mass is 10.1. The number of halogens is 2. The van der Waals surface area contributed by atoms with Gasteiger partial charge in [-0.1, -0.05) is 41.4 Å². The maximum atomic E-state index is 6.24. The molecule has 0 aliphatic carbocycles. The lowest BCUT2D eigenvalue weighted by Crippen LogP contribution is -2.25. The molecule has 0 amide bonds. The van der Waals surface area contributed by atoms with E-state index in [-0.39, 0.29) is 0 Å². The molecule has 4 nitrogen and oxygen atoms in total. The fraction of sp³-hybridized carbons (Fsp3) is 0.158. The Morgan fingerprint density at radius 2 is 1.96 bits per heavy atom. The first-order valence-corrected chi connectivity index (χ1v) is 8.79. The van der Waals surface area contributed by atoms with Gasteiger partial charge in [-0.2, -0.15) is 4.98 Å². The van der Waals surface area contributed by atoms with E-state index < -0.39 is 0 Å². The number of nitrogens with zero attached hydrogens (tertiary/aromatic N) is 3. The second-order valence-electron chi connectivity index (χ2n) is 6.04. The lowest BCUT2D eigenvalue weighted by Gasteiger charge is -2.23. The molecule has 0 fully saturated rings. The summed E-state index contributed by atoms with van der Waals surface area (Å²) in [7, 11) is 0. The number of nitrogens with one attached hydrogen (secondary N) is 1. The molecule has 1 aliphatic heterocycles. The van der Waals surface area contributed by atoms with Crippen LogP contribution in [-0.4, -0.2) is 16.0 Å². The van der Waals surface area contributed by atoms with E-state index in [0.29, 0.717) is 27.9 Å². The summed E-state index contributed by atoms with van der Waals surface area (Å²) in [5.74, 6) is 1.36. The van der Waals surface area contributed by atoms with E-state index in [1.807, 2.05) is 18.2 Å². The molecular weight excluding hydrogens is 355 g/mol. The highest BCUT2D eigenvalue weighted by molar-refractivity contribution is 6.36. The number of fused-ring (bicyclic) bond motifs is 1. The van der Waals surface area contributed by atoms with Gasteiger partial charge in [0, 0.05) is 22.9 Å². The van der Waals surface area contributed by atoms with Gasteiger partial charge in [-0.05, 0) is 49.2 Å². The van der Waals surface area contributed by atoms with E-state index in [0.717, 1.165) is 17.8 Å². The Morgan fingerprint density at radius 1 is 1.12 bits per heavy atom. The molecule has 0 bridgehead atoms. The van der Waals surface area contributed by atoms with Crippen molar-refractivity contribution in [3.8, 4) is 0 Å². The molecule has 126 valence electrons. The topological polar surface area (TPSA) is 41.1 Å². The Labute approximate surface area is 156 Å². The van der Waals surface area contributed by atoms with Crippen LogP contribution in [0.2, 0.25) is 10.0 Å². The third kappa shape index (κ3) is 3.15. The van der Waals surface area contributed by atoms with Gasteiger partial charge in [0.15, 0.2) is 0 Å². The van der Waals surface area contributed by atoms with Crippen LogP contribution in [-0.2, 0) is 6.42 Å². The summed E-state index contributed by atoms with van der Waals surface area (Å²) in [4.78, 5) is 11.3. The van der Waals surface area contributed by atoms with Crippen LogP contribution >= 0.6 is 23.2 Å². The van der Waals surface area contributed by atoms with Gasteiger partial charge in [0.2, 0.25) is 5.95 Å². The molecule has 4 rings (SSSR count). The van der Waals surface area contributed by atoms with Crippen molar-refractivity contribution in [2.45, 2.75) is 19.4 Å². The van der Waals surface area contributed by atoms with Gasteiger partial charge in [-0.3, -0.25) is 0 Å². The van der Waals surface area contributed by atoms with Crippen LogP contribution in [0.5, 0.6) is 0 Å². The molecule has 0 saturated heterocycles. The van der Waals surface area contributed by atoms with E-state index in [1.165, 1.54) is 5.56 Å². The smallest absolute Gasteiger partial charge is 0.232 e. The third-order valence-corrected chi connectivity index (χ3v) is 4.81. The quantitative estimate of drug-likeness (QED) is 0.650. The Morgan fingerprint density at radius 3 is 2.80 bits per heavy atom. The summed E-state index contributed by atoms with van der Waals surface area (Å²) < 4.78 is 0. The summed E-state index contributed by atoms with van der Waals surface area (Å²) in [6.45, 7) is 2.18. The average Bonchev–Trinajstić information content (AvgIpc) is 2.93. The SMILES string of the molecule is CC1Cc2ccccc2N1c1nccc(Nc2ccc(Cl)cc2Cl)n1. The van der Waals surface area contributed by atoms with Gasteiger partial charge in [0.25, 0.3) is 0 Å². The molecular formula is C19H16Cl2N4. The zero-order valence-corrected chi connectivity index (χ0v) is 15.1. The van der Waals surface area contributed by atoms with Crippen LogP contribution in [0.4, 0.5) is 23.1 Å². The van der Waals surface area contributed by atoms with Crippen molar-refractivity contribution >= 4 is 46.3 Å². The number of rotatable bonds is 3. The molecule has 0 radical (unpaired) electrons. The van der Waals surface area contributed by atoms with Crippen LogP contribution in [0.1, 0.15) is 12.5 Å². The van der Waals surface area contributed by atoms with Crippen LogP contribution in [0.25, 0.3) is 0 Å². The second-order valence-corrected chi connectivity index (χ2v) is 6.89. The van der Waals surface area contributed by atoms with Crippen molar-refractivity contribution in [1.82, 2.24) is 9.97 Å². The molecule has 1 aliphatic rings. The molecule has 2 heterocycles. The lowest BCUT2D eigenvalue weighted by molar-refractivity contribution is 0.740. The predicted molar refractivity (Wildman–Crippen MR) is 104 cm³/mol. The number of aromatic nitrogens is 2. The molecule has 25 heavy (non-hydrogen) atoms. The molecule has 1 N–H and O–H groups in total. The summed E-state index contributed by atoms with van der Waals surface area (Å²) in [6.07, 6.45) is 2.74. The first kappa shape index (κ1) is 16.2. The van der Waals surface area contributed by atoms with Crippen LogP contribution in [0.15, 0.2) is 54.7 Å². The van der Waals surface area contributed by atoms with Crippen molar-refractivity contribution in [3.05, 3.63) is 70.3 Å². The van der Waals surface area contributed by atoms with E-state index in [4.69, 9.17) is 23.2 Å². The summed E-state index contributed by atoms with van der Waals surface area (Å²) in [5.41, 5.74) is 3.24. The number of para-hydroxylation sites is 1. The van der Waals surface area contributed by atoms with Crippen molar-refractivity contribution < 1.29 is 0 Å². The Balaban J connectivity index is 1.66. The standard InChI is InChI=1S/C19H16Cl2N4/c1-12-10-13-4-2-3-5-17(13)25(12)19-22-9-8-18(24-19)23-16-7-6-14(20)11-15(16)21/h2-9,11-12H,10H2,1H3,(H,22,23,24). The monoisotopic (exact) mass is 370 g/mol. The Kier molecular flexibility index (Phi) is 4.24. The van der Waals surface area contributed by atoms with Gasteiger partial charge in [-0.15, -0.1) is 0 Å². The van der Waals surface area contributed by atoms with Gasteiger partial charge < -0.3 is 10.2 Å².